The van der Waals surface area contributed by atoms with E-state index in [1.807, 2.05) is 0 Å². The third-order valence-corrected chi connectivity index (χ3v) is 5.02. The Labute approximate surface area is 152 Å². The summed E-state index contributed by atoms with van der Waals surface area (Å²) in [5.74, 6) is 0.0383. The van der Waals surface area contributed by atoms with Gasteiger partial charge in [0.05, 0.1) is 9.92 Å². The fourth-order valence-electron chi connectivity index (χ4n) is 2.00. The van der Waals surface area contributed by atoms with Crippen molar-refractivity contribution in [1.82, 2.24) is 4.72 Å². The lowest BCUT2D eigenvalue weighted by atomic mass is 10.3. The number of rotatable bonds is 7. The number of hydrogen-bond acceptors (Lipinski definition) is 4. The minimum absolute atomic E-state index is 0.131. The average Bonchev–Trinajstić information content (AvgIpc) is 2.53. The molecule has 2 aromatic carbocycles. The number of ether oxygens (including phenoxy) is 1. The lowest BCUT2D eigenvalue weighted by Crippen LogP contribution is -2.30. The third-order valence-electron chi connectivity index (χ3n) is 3.03. The molecule has 2 rings (SSSR count). The van der Waals surface area contributed by atoms with Crippen molar-refractivity contribution in [3.05, 3.63) is 53.6 Å². The summed E-state index contributed by atoms with van der Waals surface area (Å²) in [5, 5.41) is 3.05. The molecule has 8 heteroatoms. The molecular weight excluding hydrogens is 364 g/mol. The molecule has 1 amide bonds. The molecule has 0 aliphatic carbocycles. The molecule has 0 bridgehead atoms. The number of hydrogen-bond donors (Lipinski definition) is 2. The zero-order valence-corrected chi connectivity index (χ0v) is 15.4. The van der Waals surface area contributed by atoms with Gasteiger partial charge in [0.2, 0.25) is 10.0 Å². The van der Waals surface area contributed by atoms with Crippen LogP contribution in [-0.2, 0) is 14.8 Å². The lowest BCUT2D eigenvalue weighted by Gasteiger charge is -2.11. The Morgan fingerprint density at radius 1 is 1.12 bits per heavy atom. The SMILES string of the molecule is CC(C)NS(=O)(=O)c1ccc(NC(=O)COc2ccccc2Cl)cc1. The minimum atomic E-state index is -3.56. The lowest BCUT2D eigenvalue weighted by molar-refractivity contribution is -0.118. The second-order valence-corrected chi connectivity index (χ2v) is 7.69. The van der Waals surface area contributed by atoms with Crippen LogP contribution in [0.5, 0.6) is 5.75 Å². The molecule has 6 nitrogen and oxygen atoms in total. The van der Waals surface area contributed by atoms with Crippen molar-refractivity contribution in [2.24, 2.45) is 0 Å². The molecule has 2 aromatic rings. The second kappa shape index (κ2) is 8.33. The van der Waals surface area contributed by atoms with Crippen molar-refractivity contribution in [2.45, 2.75) is 24.8 Å². The smallest absolute Gasteiger partial charge is 0.262 e. The number of para-hydroxylation sites is 1. The first kappa shape index (κ1) is 19.2. The highest BCUT2D eigenvalue weighted by molar-refractivity contribution is 7.89. The zero-order chi connectivity index (χ0) is 18.4. The van der Waals surface area contributed by atoms with Gasteiger partial charge in [0.15, 0.2) is 6.61 Å². The zero-order valence-electron chi connectivity index (χ0n) is 13.8. The standard InChI is InChI=1S/C17H19ClN2O4S/c1-12(2)20-25(22,23)14-9-7-13(8-10-14)19-17(21)11-24-16-6-4-3-5-15(16)18/h3-10,12,20H,11H2,1-2H3,(H,19,21). The molecule has 134 valence electrons. The van der Waals surface area contributed by atoms with Gasteiger partial charge >= 0.3 is 0 Å². The van der Waals surface area contributed by atoms with Crippen LogP contribution in [0.25, 0.3) is 0 Å². The van der Waals surface area contributed by atoms with Gasteiger partial charge in [-0.2, -0.15) is 0 Å². The molecule has 0 aliphatic rings. The molecule has 0 saturated heterocycles. The number of carbonyl (C=O) groups is 1. The molecule has 0 aliphatic heterocycles. The maximum Gasteiger partial charge on any atom is 0.262 e. The highest BCUT2D eigenvalue weighted by atomic mass is 35.5. The number of benzene rings is 2. The molecule has 0 radical (unpaired) electrons. The van der Waals surface area contributed by atoms with Crippen LogP contribution in [0.3, 0.4) is 0 Å². The van der Waals surface area contributed by atoms with Crippen LogP contribution in [0.1, 0.15) is 13.8 Å². The van der Waals surface area contributed by atoms with Gasteiger partial charge in [0, 0.05) is 11.7 Å². The summed E-state index contributed by atoms with van der Waals surface area (Å²) in [6.07, 6.45) is 0. The summed E-state index contributed by atoms with van der Waals surface area (Å²) in [7, 11) is -3.56. The van der Waals surface area contributed by atoms with Crippen molar-refractivity contribution >= 4 is 33.2 Å². The van der Waals surface area contributed by atoms with Crippen LogP contribution >= 0.6 is 11.6 Å². The van der Waals surface area contributed by atoms with E-state index < -0.39 is 10.0 Å². The van der Waals surface area contributed by atoms with E-state index in [-0.39, 0.29) is 23.5 Å². The van der Waals surface area contributed by atoms with Gasteiger partial charge in [-0.25, -0.2) is 13.1 Å². The fourth-order valence-corrected chi connectivity index (χ4v) is 3.44. The van der Waals surface area contributed by atoms with Crippen LogP contribution in [-0.4, -0.2) is 27.0 Å². The Morgan fingerprint density at radius 2 is 1.76 bits per heavy atom. The third kappa shape index (κ3) is 5.74. The Kier molecular flexibility index (Phi) is 6.41. The molecule has 0 heterocycles. The molecule has 0 fully saturated rings. The van der Waals surface area contributed by atoms with Crippen molar-refractivity contribution in [3.8, 4) is 5.75 Å². The van der Waals surface area contributed by atoms with Gasteiger partial charge in [-0.1, -0.05) is 23.7 Å². The molecule has 0 saturated carbocycles. The van der Waals surface area contributed by atoms with Crippen LogP contribution in [0.15, 0.2) is 53.4 Å². The first-order valence-electron chi connectivity index (χ1n) is 7.57. The van der Waals surface area contributed by atoms with Gasteiger partial charge in [-0.3, -0.25) is 4.79 Å². The molecule has 0 spiro atoms. The second-order valence-electron chi connectivity index (χ2n) is 5.57. The normalized spacial score (nSPS) is 11.4. The molecule has 25 heavy (non-hydrogen) atoms. The van der Waals surface area contributed by atoms with Crippen molar-refractivity contribution in [1.29, 1.82) is 0 Å². The molecule has 0 aromatic heterocycles. The van der Waals surface area contributed by atoms with Crippen LogP contribution in [0.4, 0.5) is 5.69 Å². The van der Waals surface area contributed by atoms with Crippen molar-refractivity contribution < 1.29 is 17.9 Å². The highest BCUT2D eigenvalue weighted by Gasteiger charge is 2.15. The average molecular weight is 383 g/mol. The molecule has 2 N–H and O–H groups in total. The van der Waals surface area contributed by atoms with Gasteiger partial charge in [0.1, 0.15) is 5.75 Å². The van der Waals surface area contributed by atoms with E-state index in [2.05, 4.69) is 10.0 Å². The van der Waals surface area contributed by atoms with Gasteiger partial charge < -0.3 is 10.1 Å². The monoisotopic (exact) mass is 382 g/mol. The predicted molar refractivity (Wildman–Crippen MR) is 97.5 cm³/mol. The van der Waals surface area contributed by atoms with Gasteiger partial charge in [0.25, 0.3) is 5.91 Å². The Balaban J connectivity index is 1.94. The summed E-state index contributed by atoms with van der Waals surface area (Å²) in [4.78, 5) is 12.0. The summed E-state index contributed by atoms with van der Waals surface area (Å²) >= 11 is 5.94. The number of amides is 1. The van der Waals surface area contributed by atoms with E-state index in [4.69, 9.17) is 16.3 Å². The summed E-state index contributed by atoms with van der Waals surface area (Å²) < 4.78 is 31.9. The van der Waals surface area contributed by atoms with E-state index in [1.54, 1.807) is 38.1 Å². The Morgan fingerprint density at radius 3 is 2.36 bits per heavy atom. The topological polar surface area (TPSA) is 84.5 Å². The number of carbonyl (C=O) groups excluding carboxylic acids is 1. The van der Waals surface area contributed by atoms with Crippen molar-refractivity contribution in [3.63, 3.8) is 0 Å². The Hall–Kier alpha value is -2.09. The summed E-state index contributed by atoms with van der Waals surface area (Å²) in [6.45, 7) is 3.27. The van der Waals surface area contributed by atoms with Crippen LogP contribution in [0, 0.1) is 0 Å². The minimum Gasteiger partial charge on any atom is -0.482 e. The first-order valence-corrected chi connectivity index (χ1v) is 9.43. The van der Waals surface area contributed by atoms with E-state index >= 15 is 0 Å². The van der Waals surface area contributed by atoms with Crippen molar-refractivity contribution in [2.75, 3.05) is 11.9 Å². The van der Waals surface area contributed by atoms with Gasteiger partial charge in [-0.05, 0) is 50.2 Å². The molecule has 0 atom stereocenters. The van der Waals surface area contributed by atoms with E-state index in [9.17, 15) is 13.2 Å². The fraction of sp³-hybridized carbons (Fsp3) is 0.235. The van der Waals surface area contributed by atoms with Gasteiger partial charge in [-0.15, -0.1) is 0 Å². The number of anilines is 1. The van der Waals surface area contributed by atoms with E-state index in [1.165, 1.54) is 24.3 Å². The number of halogens is 1. The molecule has 0 unspecified atom stereocenters. The first-order chi connectivity index (χ1) is 11.8. The van der Waals surface area contributed by atoms with Crippen LogP contribution in [0.2, 0.25) is 5.02 Å². The Bertz CT molecular complexity index is 836. The summed E-state index contributed by atoms with van der Waals surface area (Å²) in [6, 6.07) is 12.5. The van der Waals surface area contributed by atoms with Crippen LogP contribution < -0.4 is 14.8 Å². The number of sulfonamides is 1. The van der Waals surface area contributed by atoms with E-state index in [0.29, 0.717) is 16.5 Å². The highest BCUT2D eigenvalue weighted by Crippen LogP contribution is 2.23. The quantitative estimate of drug-likeness (QED) is 0.770. The molecular formula is C17H19ClN2O4S. The number of nitrogens with one attached hydrogen (secondary N) is 2. The predicted octanol–water partition coefficient (Wildman–Crippen LogP) is 3.04. The maximum absolute atomic E-state index is 12.0. The summed E-state index contributed by atoms with van der Waals surface area (Å²) in [5.41, 5.74) is 0.469. The largest absolute Gasteiger partial charge is 0.482 e. The van der Waals surface area contributed by atoms with E-state index in [0.717, 1.165) is 0 Å². The maximum atomic E-state index is 12.0.